The molecule has 0 saturated heterocycles. The number of amides is 5. The first-order valence-electron chi connectivity index (χ1n) is 22.3. The number of esters is 1. The molecule has 15 heteroatoms. The number of alkyl carbamates (subject to hydrolysis) is 1. The van der Waals surface area contributed by atoms with E-state index in [4.69, 9.17) is 18.9 Å². The average molecular weight is 912 g/mol. The number of unbranched alkanes of at least 4 members (excludes halogenated alkanes) is 1. The van der Waals surface area contributed by atoms with Crippen LogP contribution in [0.25, 0.3) is 21.9 Å². The molecule has 5 amide bonds. The summed E-state index contributed by atoms with van der Waals surface area (Å²) in [7, 11) is 4.26. The molecule has 0 bridgehead atoms. The fourth-order valence-electron chi connectivity index (χ4n) is 8.56. The van der Waals surface area contributed by atoms with Gasteiger partial charge in [-0.15, -0.1) is 0 Å². The molecule has 67 heavy (non-hydrogen) atoms. The van der Waals surface area contributed by atoms with Gasteiger partial charge in [0.05, 0.1) is 44.2 Å². The zero-order valence-corrected chi connectivity index (χ0v) is 38.9. The third-order valence-corrected chi connectivity index (χ3v) is 12.1. The van der Waals surface area contributed by atoms with Crippen LogP contribution in [0.3, 0.4) is 0 Å². The van der Waals surface area contributed by atoms with Crippen LogP contribution in [0.5, 0.6) is 5.75 Å². The summed E-state index contributed by atoms with van der Waals surface area (Å²) in [4.78, 5) is 85.8. The molecule has 1 aliphatic heterocycles. The molecule has 2 N–H and O–H groups in total. The zero-order valence-electron chi connectivity index (χ0n) is 38.9. The van der Waals surface area contributed by atoms with Gasteiger partial charge in [0, 0.05) is 31.5 Å². The van der Waals surface area contributed by atoms with Gasteiger partial charge < -0.3 is 39.4 Å². The normalized spacial score (nSPS) is 14.8. The summed E-state index contributed by atoms with van der Waals surface area (Å²) in [5.74, 6) is -1.56. The van der Waals surface area contributed by atoms with Crippen molar-refractivity contribution in [2.45, 2.75) is 77.1 Å². The monoisotopic (exact) mass is 911 g/mol. The number of carbonyl (C=O) groups excluding carboxylic acids is 6. The van der Waals surface area contributed by atoms with E-state index in [1.807, 2.05) is 30.3 Å². The first-order valence-corrected chi connectivity index (χ1v) is 22.3. The predicted molar refractivity (Wildman–Crippen MR) is 254 cm³/mol. The van der Waals surface area contributed by atoms with Gasteiger partial charge in [-0.25, -0.2) is 14.4 Å². The predicted octanol–water partition coefficient (Wildman–Crippen LogP) is 7.96. The maximum Gasteiger partial charge on any atom is 0.410 e. The highest BCUT2D eigenvalue weighted by Gasteiger charge is 2.39. The summed E-state index contributed by atoms with van der Waals surface area (Å²) in [6.07, 6.45) is -0.352. The summed E-state index contributed by atoms with van der Waals surface area (Å²) in [6.45, 7) is 6.86. The lowest BCUT2D eigenvalue weighted by Crippen LogP contribution is -2.57. The maximum atomic E-state index is 15.0. The number of rotatable bonds is 14. The average Bonchev–Trinajstić information content (AvgIpc) is 3.59. The van der Waals surface area contributed by atoms with Crippen LogP contribution in [0.2, 0.25) is 0 Å². The number of hydrogen-bond donors (Lipinski definition) is 2. The molecule has 1 aliphatic carbocycles. The Morgan fingerprint density at radius 1 is 0.836 bits per heavy atom. The fraction of sp³-hybridized carbons (Fsp3) is 0.346. The topological polar surface area (TPSA) is 173 Å². The number of ether oxygens (including phenoxy) is 4. The van der Waals surface area contributed by atoms with E-state index < -0.39 is 47.7 Å². The Balaban J connectivity index is 1.09. The molecule has 7 rings (SSSR count). The number of hydrogen-bond acceptors (Lipinski definition) is 10. The summed E-state index contributed by atoms with van der Waals surface area (Å²) < 4.78 is 21.9. The van der Waals surface area contributed by atoms with Crippen molar-refractivity contribution in [3.05, 3.63) is 125 Å². The molecule has 2 aliphatic rings. The molecule has 0 fully saturated rings. The van der Waals surface area contributed by atoms with Crippen molar-refractivity contribution in [1.29, 1.82) is 0 Å². The molecule has 5 aromatic rings. The number of para-hydroxylation sites is 2. The molecule has 1 heterocycles. The Labute approximate surface area is 390 Å². The summed E-state index contributed by atoms with van der Waals surface area (Å²) in [5.41, 5.74) is 5.51. The molecule has 0 saturated carbocycles. The van der Waals surface area contributed by atoms with Crippen LogP contribution < -0.4 is 25.2 Å². The van der Waals surface area contributed by atoms with Crippen molar-refractivity contribution in [3.8, 4) is 16.9 Å². The number of anilines is 2. The van der Waals surface area contributed by atoms with E-state index in [-0.39, 0.29) is 44.5 Å². The van der Waals surface area contributed by atoms with Crippen molar-refractivity contribution in [1.82, 2.24) is 15.5 Å². The van der Waals surface area contributed by atoms with Gasteiger partial charge in [0.15, 0.2) is 0 Å². The molecular weight excluding hydrogens is 855 g/mol. The Hall–Kier alpha value is -7.42. The van der Waals surface area contributed by atoms with Crippen molar-refractivity contribution in [2.24, 2.45) is 0 Å². The summed E-state index contributed by atoms with van der Waals surface area (Å²) in [6, 6.07) is 29.6. The van der Waals surface area contributed by atoms with Crippen LogP contribution >= 0.6 is 0 Å². The highest BCUT2D eigenvalue weighted by atomic mass is 16.6. The van der Waals surface area contributed by atoms with Gasteiger partial charge >= 0.3 is 18.2 Å². The molecule has 2 atom stereocenters. The van der Waals surface area contributed by atoms with E-state index in [2.05, 4.69) is 34.9 Å². The third kappa shape index (κ3) is 10.5. The Morgan fingerprint density at radius 2 is 1.49 bits per heavy atom. The second-order valence-electron chi connectivity index (χ2n) is 17.6. The Bertz CT molecular complexity index is 2650. The van der Waals surface area contributed by atoms with Crippen LogP contribution in [-0.4, -0.2) is 99.4 Å². The molecular formula is C52H57N5O10. The van der Waals surface area contributed by atoms with E-state index in [1.165, 1.54) is 38.0 Å². The first-order chi connectivity index (χ1) is 32.1. The Morgan fingerprint density at radius 3 is 2.15 bits per heavy atom. The van der Waals surface area contributed by atoms with Gasteiger partial charge in [-0.2, -0.15) is 0 Å². The van der Waals surface area contributed by atoms with Crippen LogP contribution in [0, 0.1) is 0 Å². The minimum Gasteiger partial charge on any atom is -0.496 e. The molecule has 350 valence electrons. The van der Waals surface area contributed by atoms with Crippen LogP contribution in [0.4, 0.5) is 21.0 Å². The van der Waals surface area contributed by atoms with Crippen LogP contribution in [0.15, 0.2) is 103 Å². The highest BCUT2D eigenvalue weighted by Crippen LogP contribution is 2.44. The first kappa shape index (κ1) is 47.5. The van der Waals surface area contributed by atoms with Crippen molar-refractivity contribution < 1.29 is 47.7 Å². The van der Waals surface area contributed by atoms with Gasteiger partial charge in [0.2, 0.25) is 11.8 Å². The van der Waals surface area contributed by atoms with Crippen molar-refractivity contribution in [3.63, 3.8) is 0 Å². The number of likely N-dealkylation sites (N-methyl/N-ethyl adjacent to an activating group) is 1. The lowest BCUT2D eigenvalue weighted by molar-refractivity contribution is -0.130. The standard InChI is InChI=1S/C52H57N5O10/c1-32(55(5)51(63)67-52(2,3)4)47(59)54-42-30-56(46(58)22-14-15-27-53-50(62)66-31-41-38-18-10-8-16-36(38)37-17-9-11-19-39(37)41)43-20-12-13-21-44(43)57(48(42)60)29-40-35-25-23-34(49(61)65-7)28-33(35)24-26-45(40)64-6/h8-13,16-21,23-26,28,32,41-42H,14-15,22,27,29-31H2,1-7H3,(H,53,62)(H,54,59)/t32-,42-/m0/s1. The lowest BCUT2D eigenvalue weighted by atomic mass is 9.98. The maximum absolute atomic E-state index is 15.0. The molecule has 5 aromatic carbocycles. The van der Waals surface area contributed by atoms with Gasteiger partial charge in [0.25, 0.3) is 5.91 Å². The zero-order chi connectivity index (χ0) is 48.0. The number of benzene rings is 5. The number of methoxy groups -OCH3 is 2. The van der Waals surface area contributed by atoms with Gasteiger partial charge in [0.1, 0.15) is 30.0 Å². The molecule has 15 nitrogen and oxygen atoms in total. The van der Waals surface area contributed by atoms with Gasteiger partial charge in [-0.05, 0) is 104 Å². The van der Waals surface area contributed by atoms with Gasteiger partial charge in [-0.3, -0.25) is 19.3 Å². The number of carbonyl (C=O) groups is 6. The highest BCUT2D eigenvalue weighted by molar-refractivity contribution is 6.09. The largest absolute Gasteiger partial charge is 0.496 e. The molecule has 0 radical (unpaired) electrons. The minimum atomic E-state index is -1.26. The summed E-state index contributed by atoms with van der Waals surface area (Å²) >= 11 is 0. The molecule has 0 spiro atoms. The quantitative estimate of drug-likeness (QED) is 0.0632. The van der Waals surface area contributed by atoms with E-state index >= 15 is 0 Å². The number of nitrogens with one attached hydrogen (secondary N) is 2. The van der Waals surface area contributed by atoms with E-state index in [0.717, 1.165) is 27.2 Å². The SMILES string of the molecule is COC(=O)c1ccc2c(CN3C(=O)[C@@H](NC(=O)[C@H](C)N(C)C(=O)OC(C)(C)C)CN(C(=O)CCCCNC(=O)OCC4c5ccccc5-c5ccccc54)c4ccccc43)c(OC)ccc2c1. The second-order valence-corrected chi connectivity index (χ2v) is 17.6. The van der Waals surface area contributed by atoms with Crippen molar-refractivity contribution >= 4 is 58.0 Å². The number of fused-ring (bicyclic) bond motifs is 5. The second kappa shape index (κ2) is 20.4. The van der Waals surface area contributed by atoms with E-state index in [0.29, 0.717) is 51.9 Å². The third-order valence-electron chi connectivity index (χ3n) is 12.1. The van der Waals surface area contributed by atoms with E-state index in [9.17, 15) is 28.8 Å². The number of nitrogens with zero attached hydrogens (tertiary/aromatic N) is 3. The lowest BCUT2D eigenvalue weighted by Gasteiger charge is -2.30. The molecule has 0 unspecified atom stereocenters. The fourth-order valence-corrected chi connectivity index (χ4v) is 8.56. The van der Waals surface area contributed by atoms with Crippen LogP contribution in [-0.2, 0) is 35.1 Å². The van der Waals surface area contributed by atoms with Crippen LogP contribution in [0.1, 0.15) is 79.9 Å². The van der Waals surface area contributed by atoms with Crippen molar-refractivity contribution in [2.75, 3.05) is 50.8 Å². The van der Waals surface area contributed by atoms with E-state index in [1.54, 1.807) is 69.3 Å². The minimum absolute atomic E-state index is 0.0444. The molecule has 0 aromatic heterocycles. The van der Waals surface area contributed by atoms with Gasteiger partial charge in [-0.1, -0.05) is 72.8 Å². The summed E-state index contributed by atoms with van der Waals surface area (Å²) in [5, 5.41) is 7.06. The Kier molecular flexibility index (Phi) is 14.5. The smallest absolute Gasteiger partial charge is 0.410 e.